The molecule has 0 aromatic carbocycles. The van der Waals surface area contributed by atoms with Crippen molar-refractivity contribution in [2.75, 3.05) is 18.8 Å². The fourth-order valence-corrected chi connectivity index (χ4v) is 3.11. The fourth-order valence-electron chi connectivity index (χ4n) is 2.93. The van der Waals surface area contributed by atoms with Gasteiger partial charge < -0.3 is 10.6 Å². The smallest absolute Gasteiger partial charge is 0.255 e. The number of hydrogen-bond donors (Lipinski definition) is 1. The average molecular weight is 296 g/mol. The molecule has 0 aliphatic carbocycles. The van der Waals surface area contributed by atoms with Crippen LogP contribution in [-0.2, 0) is 0 Å². The van der Waals surface area contributed by atoms with E-state index >= 15 is 0 Å². The molecule has 110 valence electrons. The molecule has 0 bridgehead atoms. The number of piperidine rings is 1. The summed E-state index contributed by atoms with van der Waals surface area (Å²) in [5.41, 5.74) is 6.50. The summed E-state index contributed by atoms with van der Waals surface area (Å²) in [4.78, 5) is 18.3. The Hall–Kier alpha value is -1.29. The lowest BCUT2D eigenvalue weighted by molar-refractivity contribution is 0.0558. The number of carbonyl (C=O) groups excluding carboxylic acids is 1. The van der Waals surface area contributed by atoms with Crippen LogP contribution in [0, 0.1) is 5.41 Å². The van der Waals surface area contributed by atoms with Crippen molar-refractivity contribution in [3.05, 3.63) is 22.8 Å². The molecule has 0 saturated carbocycles. The van der Waals surface area contributed by atoms with Gasteiger partial charge in [0.2, 0.25) is 0 Å². The first-order valence-electron chi connectivity index (χ1n) is 7.21. The van der Waals surface area contributed by atoms with Gasteiger partial charge in [0.05, 0.1) is 10.6 Å². The summed E-state index contributed by atoms with van der Waals surface area (Å²) in [7, 11) is 0. The van der Waals surface area contributed by atoms with E-state index in [0.29, 0.717) is 21.8 Å². The van der Waals surface area contributed by atoms with Crippen LogP contribution >= 0.6 is 11.6 Å². The van der Waals surface area contributed by atoms with Gasteiger partial charge >= 0.3 is 0 Å². The highest BCUT2D eigenvalue weighted by Crippen LogP contribution is 2.38. The van der Waals surface area contributed by atoms with Crippen molar-refractivity contribution in [2.24, 2.45) is 5.41 Å². The molecule has 20 heavy (non-hydrogen) atoms. The molecule has 2 N–H and O–H groups in total. The predicted octanol–water partition coefficient (Wildman–Crippen LogP) is 3.36. The third kappa shape index (κ3) is 2.90. The minimum Gasteiger partial charge on any atom is -0.384 e. The lowest BCUT2D eigenvalue weighted by atomic mass is 9.74. The van der Waals surface area contributed by atoms with Crippen LogP contribution in [0.5, 0.6) is 0 Å². The first-order valence-corrected chi connectivity index (χ1v) is 7.59. The van der Waals surface area contributed by atoms with Crippen LogP contribution in [0.1, 0.15) is 49.9 Å². The zero-order valence-corrected chi connectivity index (χ0v) is 12.9. The molecule has 2 rings (SSSR count). The van der Waals surface area contributed by atoms with Gasteiger partial charge in [-0.2, -0.15) is 0 Å². The molecule has 0 unspecified atom stereocenters. The Kier molecular flexibility index (Phi) is 4.53. The maximum Gasteiger partial charge on any atom is 0.255 e. The number of nitrogens with two attached hydrogens (primary N) is 1. The summed E-state index contributed by atoms with van der Waals surface area (Å²) < 4.78 is 0. The maximum absolute atomic E-state index is 12.5. The van der Waals surface area contributed by atoms with Crippen LogP contribution in [0.15, 0.2) is 12.3 Å². The van der Waals surface area contributed by atoms with E-state index in [1.807, 2.05) is 4.90 Å². The fraction of sp³-hybridized carbons (Fsp3) is 0.600. The number of nitrogens with zero attached hydrogens (tertiary/aromatic N) is 2. The third-order valence-corrected chi connectivity index (χ3v) is 5.02. The normalized spacial score (nSPS) is 18.1. The molecule has 1 fully saturated rings. The largest absolute Gasteiger partial charge is 0.384 e. The molecule has 5 heteroatoms. The first kappa shape index (κ1) is 15.1. The van der Waals surface area contributed by atoms with E-state index < -0.39 is 0 Å². The molecular weight excluding hydrogens is 274 g/mol. The Balaban J connectivity index is 2.10. The van der Waals surface area contributed by atoms with Crippen molar-refractivity contribution >= 4 is 23.3 Å². The molecule has 1 aliphatic heterocycles. The second kappa shape index (κ2) is 6.00. The molecule has 0 radical (unpaired) electrons. The van der Waals surface area contributed by atoms with Crippen LogP contribution in [0.25, 0.3) is 0 Å². The molecule has 1 saturated heterocycles. The lowest BCUT2D eigenvalue weighted by Crippen LogP contribution is -2.42. The number of halogens is 1. The monoisotopic (exact) mass is 295 g/mol. The van der Waals surface area contributed by atoms with Gasteiger partial charge in [0.15, 0.2) is 0 Å². The average Bonchev–Trinajstić information content (AvgIpc) is 2.49. The molecule has 1 amide bonds. The van der Waals surface area contributed by atoms with Crippen LogP contribution in [0.3, 0.4) is 0 Å². The van der Waals surface area contributed by atoms with Gasteiger partial charge in [-0.15, -0.1) is 0 Å². The standard InChI is InChI=1S/C15H22ClN3O/c1-3-15(4-2)5-7-19(8-6-15)14(20)11-9-13(17)18-10-12(11)16/h9-10H,3-8H2,1-2H3,(H2,17,18). The third-order valence-electron chi connectivity index (χ3n) is 4.72. The molecule has 1 aromatic heterocycles. The van der Waals surface area contributed by atoms with E-state index in [1.165, 1.54) is 19.0 Å². The zero-order chi connectivity index (χ0) is 14.8. The van der Waals surface area contributed by atoms with E-state index in [2.05, 4.69) is 18.8 Å². The number of hydrogen-bond acceptors (Lipinski definition) is 3. The number of carbonyl (C=O) groups is 1. The van der Waals surface area contributed by atoms with Gasteiger partial charge in [0.25, 0.3) is 5.91 Å². The van der Waals surface area contributed by atoms with Crippen LogP contribution in [0.2, 0.25) is 5.02 Å². The van der Waals surface area contributed by atoms with E-state index in [-0.39, 0.29) is 5.91 Å². The second-order valence-electron chi connectivity index (χ2n) is 5.59. The molecule has 4 nitrogen and oxygen atoms in total. The number of rotatable bonds is 3. The summed E-state index contributed by atoms with van der Waals surface area (Å²) in [5, 5.41) is 0.368. The highest BCUT2D eigenvalue weighted by molar-refractivity contribution is 6.33. The van der Waals surface area contributed by atoms with Crippen LogP contribution in [0.4, 0.5) is 5.82 Å². The molecule has 1 aromatic rings. The Labute approximate surface area is 125 Å². The SMILES string of the molecule is CCC1(CC)CCN(C(=O)c2cc(N)ncc2Cl)CC1. The molecule has 1 aliphatic rings. The molecule has 2 heterocycles. The summed E-state index contributed by atoms with van der Waals surface area (Å²) in [5.74, 6) is 0.288. The predicted molar refractivity (Wildman–Crippen MR) is 81.8 cm³/mol. The van der Waals surface area contributed by atoms with E-state index in [4.69, 9.17) is 17.3 Å². The van der Waals surface area contributed by atoms with Crippen LogP contribution in [-0.4, -0.2) is 28.9 Å². The summed E-state index contributed by atoms with van der Waals surface area (Å²) in [6.07, 6.45) is 5.91. The maximum atomic E-state index is 12.5. The van der Waals surface area contributed by atoms with Gasteiger partial charge in [-0.25, -0.2) is 4.98 Å². The summed E-state index contributed by atoms with van der Waals surface area (Å²) in [6.45, 7) is 6.06. The highest BCUT2D eigenvalue weighted by Gasteiger charge is 2.33. The second-order valence-corrected chi connectivity index (χ2v) is 6.00. The Bertz CT molecular complexity index is 490. The summed E-state index contributed by atoms with van der Waals surface area (Å²) >= 11 is 6.06. The Morgan fingerprint density at radius 1 is 1.40 bits per heavy atom. The van der Waals surface area contributed by atoms with Gasteiger partial charge in [-0.1, -0.05) is 38.3 Å². The Morgan fingerprint density at radius 2 is 2.00 bits per heavy atom. The van der Waals surface area contributed by atoms with Crippen molar-refractivity contribution in [3.8, 4) is 0 Å². The first-order chi connectivity index (χ1) is 9.51. The minimum absolute atomic E-state index is 0.0371. The van der Waals surface area contributed by atoms with Gasteiger partial charge in [-0.3, -0.25) is 4.79 Å². The van der Waals surface area contributed by atoms with Crippen LogP contribution < -0.4 is 5.73 Å². The van der Waals surface area contributed by atoms with Crippen molar-refractivity contribution in [1.29, 1.82) is 0 Å². The number of likely N-dealkylation sites (tertiary alicyclic amines) is 1. The van der Waals surface area contributed by atoms with E-state index in [9.17, 15) is 4.79 Å². The van der Waals surface area contributed by atoms with Crippen molar-refractivity contribution in [2.45, 2.75) is 39.5 Å². The highest BCUT2D eigenvalue weighted by atomic mass is 35.5. The Morgan fingerprint density at radius 3 is 2.55 bits per heavy atom. The van der Waals surface area contributed by atoms with Crippen molar-refractivity contribution < 1.29 is 4.79 Å². The van der Waals surface area contributed by atoms with Crippen molar-refractivity contribution in [3.63, 3.8) is 0 Å². The van der Waals surface area contributed by atoms with Gasteiger partial charge in [0.1, 0.15) is 5.82 Å². The number of pyridine rings is 1. The van der Waals surface area contributed by atoms with Gasteiger partial charge in [-0.05, 0) is 24.3 Å². The van der Waals surface area contributed by atoms with Gasteiger partial charge in [0, 0.05) is 19.3 Å². The minimum atomic E-state index is -0.0371. The number of amides is 1. The molecule has 0 spiro atoms. The molecular formula is C15H22ClN3O. The topological polar surface area (TPSA) is 59.2 Å². The van der Waals surface area contributed by atoms with E-state index in [0.717, 1.165) is 25.9 Å². The lowest BCUT2D eigenvalue weighted by Gasteiger charge is -2.41. The number of anilines is 1. The summed E-state index contributed by atoms with van der Waals surface area (Å²) in [6, 6.07) is 1.56. The van der Waals surface area contributed by atoms with E-state index in [1.54, 1.807) is 6.07 Å². The number of aromatic nitrogens is 1. The number of nitrogen functional groups attached to an aromatic ring is 1. The quantitative estimate of drug-likeness (QED) is 0.930. The molecule has 0 atom stereocenters. The zero-order valence-electron chi connectivity index (χ0n) is 12.2. The van der Waals surface area contributed by atoms with Crippen molar-refractivity contribution in [1.82, 2.24) is 9.88 Å².